The summed E-state index contributed by atoms with van der Waals surface area (Å²) in [6.45, 7) is 5.23. The summed E-state index contributed by atoms with van der Waals surface area (Å²) in [4.78, 5) is 26.2. The van der Waals surface area contributed by atoms with Crippen LogP contribution in [0.3, 0.4) is 0 Å². The normalized spacial score (nSPS) is 30.4. The number of hydrogen-bond acceptors (Lipinski definition) is 11. The number of hydrogen-bond donors (Lipinski definition) is 0. The fraction of sp³-hybridized carbons (Fsp3) is 0.758. The molecule has 13 nitrogen and oxygen atoms in total. The second-order valence-corrected chi connectivity index (χ2v) is 14.0. The van der Waals surface area contributed by atoms with Gasteiger partial charge in [-0.3, -0.25) is 14.0 Å². The number of likely N-dealkylation sites (tertiary alicyclic amines) is 1. The van der Waals surface area contributed by atoms with E-state index in [1.165, 1.54) is 0 Å². The van der Waals surface area contributed by atoms with Crippen LogP contribution in [0.15, 0.2) is 9.32 Å². The van der Waals surface area contributed by atoms with Crippen LogP contribution in [0.1, 0.15) is 82.0 Å². The van der Waals surface area contributed by atoms with Gasteiger partial charge in [0.25, 0.3) is 0 Å². The lowest BCUT2D eigenvalue weighted by molar-refractivity contribution is -0.231. The van der Waals surface area contributed by atoms with Crippen molar-refractivity contribution in [2.45, 2.75) is 107 Å². The van der Waals surface area contributed by atoms with Gasteiger partial charge in [0.15, 0.2) is 17.0 Å². The summed E-state index contributed by atoms with van der Waals surface area (Å²) in [6, 6.07) is -0.0110. The number of nitrogens with zero attached hydrogens (tertiary/aromatic N) is 6. The average Bonchev–Trinajstić information content (AvgIpc) is 3.86. The molecular formula is C33H46N6O7. The molecule has 6 heterocycles. The zero-order valence-electron chi connectivity index (χ0n) is 27.5. The van der Waals surface area contributed by atoms with Crippen LogP contribution < -0.4 is 10.4 Å². The zero-order chi connectivity index (χ0) is 31.6. The second-order valence-electron chi connectivity index (χ2n) is 14.0. The number of imidazole rings is 1. The van der Waals surface area contributed by atoms with Crippen molar-refractivity contribution in [3.05, 3.63) is 21.7 Å². The van der Waals surface area contributed by atoms with Crippen LogP contribution >= 0.6 is 0 Å². The van der Waals surface area contributed by atoms with Gasteiger partial charge in [0.05, 0.1) is 43.1 Å². The maximum absolute atomic E-state index is 13.9. The third-order valence-corrected chi connectivity index (χ3v) is 11.4. The lowest BCUT2D eigenvalue weighted by atomic mass is 9.61. The number of fused-ring (bicyclic) bond motifs is 4. The molecule has 1 saturated carbocycles. The van der Waals surface area contributed by atoms with Gasteiger partial charge in [-0.1, -0.05) is 11.6 Å². The largest absolute Gasteiger partial charge is 0.471 e. The smallest absolute Gasteiger partial charge is 0.330 e. The van der Waals surface area contributed by atoms with E-state index in [-0.39, 0.29) is 35.4 Å². The predicted molar refractivity (Wildman–Crippen MR) is 167 cm³/mol. The maximum atomic E-state index is 13.9. The van der Waals surface area contributed by atoms with Gasteiger partial charge in [-0.25, -0.2) is 9.78 Å². The van der Waals surface area contributed by atoms with Gasteiger partial charge in [-0.05, 0) is 65.3 Å². The van der Waals surface area contributed by atoms with E-state index in [1.807, 2.05) is 0 Å². The first kappa shape index (κ1) is 30.5. The second kappa shape index (κ2) is 11.7. The fourth-order valence-corrected chi connectivity index (χ4v) is 9.11. The lowest BCUT2D eigenvalue weighted by Crippen LogP contribution is -2.56. The number of aromatic nitrogens is 5. The third kappa shape index (κ3) is 4.60. The summed E-state index contributed by atoms with van der Waals surface area (Å²) in [6.07, 6.45) is 9.12. The monoisotopic (exact) mass is 638 g/mol. The van der Waals surface area contributed by atoms with Crippen molar-refractivity contribution >= 4 is 11.2 Å². The molecule has 4 fully saturated rings. The molecular weight excluding hydrogens is 592 g/mol. The van der Waals surface area contributed by atoms with Gasteiger partial charge in [0.1, 0.15) is 6.10 Å². The highest BCUT2D eigenvalue weighted by Gasteiger charge is 2.61. The Hall–Kier alpha value is -2.84. The Kier molecular flexibility index (Phi) is 7.75. The van der Waals surface area contributed by atoms with Crippen LogP contribution in [-0.2, 0) is 37.8 Å². The number of aryl methyl sites for hydroxylation is 1. The Bertz CT molecular complexity index is 1650. The lowest BCUT2D eigenvalue weighted by Gasteiger charge is -2.50. The molecule has 46 heavy (non-hydrogen) atoms. The average molecular weight is 639 g/mol. The molecule has 0 unspecified atom stereocenters. The Morgan fingerprint density at radius 1 is 1.02 bits per heavy atom. The van der Waals surface area contributed by atoms with Gasteiger partial charge in [-0.15, -0.1) is 0 Å². The SMILES string of the molecule is CO[C@@H]1C[C@@H]([C@H](C)Oc2nc(-c3onc4c3CCC[C@@]43CCCCC34OCCO4)nc3c2n(C)c(=O)n3[C@@H]2CCCOC2)N(C)C1. The van der Waals surface area contributed by atoms with Gasteiger partial charge in [0.2, 0.25) is 17.5 Å². The van der Waals surface area contributed by atoms with Crippen LogP contribution in [0, 0.1) is 0 Å². The first-order valence-corrected chi connectivity index (χ1v) is 17.1. The van der Waals surface area contributed by atoms with Crippen LogP contribution in [0.2, 0.25) is 0 Å². The van der Waals surface area contributed by atoms with Crippen LogP contribution in [0.25, 0.3) is 22.7 Å². The Labute approximate surface area is 268 Å². The molecule has 0 amide bonds. The van der Waals surface area contributed by atoms with E-state index in [1.54, 1.807) is 23.3 Å². The van der Waals surface area contributed by atoms with Gasteiger partial charge >= 0.3 is 5.69 Å². The molecule has 8 rings (SSSR count). The Morgan fingerprint density at radius 2 is 1.83 bits per heavy atom. The molecule has 2 aliphatic carbocycles. The van der Waals surface area contributed by atoms with Crippen LogP contribution in [-0.4, -0.2) is 100 Å². The van der Waals surface area contributed by atoms with E-state index in [9.17, 15) is 4.79 Å². The van der Waals surface area contributed by atoms with E-state index in [2.05, 4.69) is 18.9 Å². The molecule has 3 aromatic rings. The Morgan fingerprint density at radius 3 is 2.59 bits per heavy atom. The fourth-order valence-electron chi connectivity index (χ4n) is 9.11. The highest BCUT2D eigenvalue weighted by molar-refractivity contribution is 5.80. The van der Waals surface area contributed by atoms with E-state index in [4.69, 9.17) is 43.3 Å². The summed E-state index contributed by atoms with van der Waals surface area (Å²) < 4.78 is 40.6. The van der Waals surface area contributed by atoms with Crippen molar-refractivity contribution in [2.75, 3.05) is 47.1 Å². The van der Waals surface area contributed by atoms with Crippen LogP contribution in [0.4, 0.5) is 0 Å². The standard InChI is InChI=1S/C33H46N6O7/c1-20(24-17-22(41-4)18-37(24)2)45-30-25-29(39(31(40)38(25)3)21-9-8-14-42-19-21)34-28(35-30)26-23-10-7-12-32(27(23)36-46-26)11-5-6-13-33(32)43-15-16-44-33/h20-22,24H,5-19H2,1-4H3/t20-,21+,22+,24-,32-/m0/s1. The molecule has 3 aromatic heterocycles. The number of rotatable bonds is 6. The van der Waals surface area contributed by atoms with Gasteiger partial charge in [0, 0.05) is 45.3 Å². The van der Waals surface area contributed by atoms with Crippen molar-refractivity contribution in [1.82, 2.24) is 29.2 Å². The summed E-state index contributed by atoms with van der Waals surface area (Å²) in [5.41, 5.74) is 2.49. The minimum atomic E-state index is -0.669. The van der Waals surface area contributed by atoms with Crippen molar-refractivity contribution in [3.63, 3.8) is 0 Å². The summed E-state index contributed by atoms with van der Waals surface area (Å²) >= 11 is 0. The molecule has 3 aliphatic heterocycles. The number of ether oxygens (including phenoxy) is 5. The van der Waals surface area contributed by atoms with Crippen molar-refractivity contribution in [3.8, 4) is 17.5 Å². The summed E-state index contributed by atoms with van der Waals surface area (Å²) in [5.74, 6) is 0.609. The maximum Gasteiger partial charge on any atom is 0.330 e. The summed E-state index contributed by atoms with van der Waals surface area (Å²) in [5, 5.41) is 4.76. The minimum absolute atomic E-state index is 0.121. The zero-order valence-corrected chi connectivity index (χ0v) is 27.5. The highest BCUT2D eigenvalue weighted by Crippen LogP contribution is 2.57. The van der Waals surface area contributed by atoms with Crippen molar-refractivity contribution in [1.29, 1.82) is 0 Å². The van der Waals surface area contributed by atoms with Crippen LogP contribution in [0.5, 0.6) is 5.88 Å². The first-order chi connectivity index (χ1) is 22.4. The molecule has 3 saturated heterocycles. The molecule has 0 aromatic carbocycles. The van der Waals surface area contributed by atoms with E-state index in [0.717, 1.165) is 82.0 Å². The molecule has 250 valence electrons. The van der Waals surface area contributed by atoms with E-state index < -0.39 is 5.79 Å². The molecule has 0 N–H and O–H groups in total. The topological polar surface area (TPSA) is 128 Å². The molecule has 2 spiro atoms. The Balaban J connectivity index is 1.26. The number of methoxy groups -OCH3 is 1. The van der Waals surface area contributed by atoms with E-state index >= 15 is 0 Å². The third-order valence-electron chi connectivity index (χ3n) is 11.4. The molecule has 13 heteroatoms. The molecule has 0 radical (unpaired) electrons. The van der Waals surface area contributed by atoms with E-state index in [0.29, 0.717) is 55.1 Å². The molecule has 0 bridgehead atoms. The predicted octanol–water partition coefficient (Wildman–Crippen LogP) is 3.51. The first-order valence-electron chi connectivity index (χ1n) is 17.1. The highest BCUT2D eigenvalue weighted by atomic mass is 16.7. The van der Waals surface area contributed by atoms with Crippen molar-refractivity contribution < 1.29 is 28.2 Å². The van der Waals surface area contributed by atoms with Gasteiger partial charge in [-0.2, -0.15) is 4.98 Å². The molecule has 5 atom stereocenters. The minimum Gasteiger partial charge on any atom is -0.471 e. The molecule has 5 aliphatic rings. The van der Waals surface area contributed by atoms with Gasteiger partial charge < -0.3 is 28.2 Å². The van der Waals surface area contributed by atoms with Crippen molar-refractivity contribution in [2.24, 2.45) is 7.05 Å². The summed E-state index contributed by atoms with van der Waals surface area (Å²) in [7, 11) is 5.60. The number of likely N-dealkylation sites (N-methyl/N-ethyl adjacent to an activating group) is 1. The quantitative estimate of drug-likeness (QED) is 0.394.